The van der Waals surface area contributed by atoms with Crippen molar-refractivity contribution in [3.63, 3.8) is 0 Å². The third kappa shape index (κ3) is 3.10. The van der Waals surface area contributed by atoms with Gasteiger partial charge in [0.2, 0.25) is 10.4 Å². The van der Waals surface area contributed by atoms with E-state index >= 15 is 0 Å². The molecule has 3 N–H and O–H groups in total. The van der Waals surface area contributed by atoms with Gasteiger partial charge in [-0.05, 0) is 0 Å². The lowest BCUT2D eigenvalue weighted by molar-refractivity contribution is -0.205. The molecule has 10 heteroatoms. The fourth-order valence-corrected chi connectivity index (χ4v) is 1.42. The lowest BCUT2D eigenvalue weighted by atomic mass is 10.0. The van der Waals surface area contributed by atoms with Gasteiger partial charge in [0.05, 0.1) is 0 Å². The highest BCUT2D eigenvalue weighted by atomic mass is 32.3. The van der Waals surface area contributed by atoms with Crippen LogP contribution in [-0.4, -0.2) is 65.3 Å². The molecule has 0 spiro atoms. The maximum Gasteiger partial charge on any atom is 0.338 e. The summed E-state index contributed by atoms with van der Waals surface area (Å²) in [6.45, 7) is -0.928. The van der Waals surface area contributed by atoms with Gasteiger partial charge in [-0.25, -0.2) is 13.2 Å². The zero-order valence-electron chi connectivity index (χ0n) is 7.72. The molecule has 0 amide bonds. The third-order valence-corrected chi connectivity index (χ3v) is 2.36. The molecule has 0 aromatic carbocycles. The van der Waals surface area contributed by atoms with Gasteiger partial charge < -0.3 is 24.6 Å². The van der Waals surface area contributed by atoms with E-state index in [0.29, 0.717) is 0 Å². The predicted molar refractivity (Wildman–Crippen MR) is 43.5 cm³/mol. The van der Waals surface area contributed by atoms with Crippen LogP contribution in [0.5, 0.6) is 0 Å². The van der Waals surface area contributed by atoms with Crippen molar-refractivity contribution in [3.8, 4) is 0 Å². The summed E-state index contributed by atoms with van der Waals surface area (Å²) in [5, 5.41) is 27.3. The zero-order chi connectivity index (χ0) is 12.5. The summed E-state index contributed by atoms with van der Waals surface area (Å²) >= 11 is 0. The first-order valence-electron chi connectivity index (χ1n) is 4.07. The first-order chi connectivity index (χ1) is 7.22. The number of aliphatic hydroxyl groups is 3. The van der Waals surface area contributed by atoms with Crippen LogP contribution in [0.1, 0.15) is 0 Å². The fraction of sp³-hybridized carbons (Fsp3) is 0.833. The molecule has 1 aliphatic heterocycles. The number of hydrogen-bond acceptors (Lipinski definition) is 9. The number of esters is 1. The van der Waals surface area contributed by atoms with E-state index in [1.807, 2.05) is 0 Å². The van der Waals surface area contributed by atoms with Crippen molar-refractivity contribution in [1.82, 2.24) is 0 Å². The molecule has 0 saturated carbocycles. The molecule has 0 radical (unpaired) electrons. The van der Waals surface area contributed by atoms with Crippen LogP contribution in [0.2, 0.25) is 0 Å². The Morgan fingerprint density at radius 1 is 1.31 bits per heavy atom. The van der Waals surface area contributed by atoms with Gasteiger partial charge in [-0.2, -0.15) is 0 Å². The van der Waals surface area contributed by atoms with Gasteiger partial charge in [0.15, 0.2) is 12.2 Å². The largest absolute Gasteiger partial charge is 0.726 e. The lowest BCUT2D eigenvalue weighted by Crippen LogP contribution is -2.56. The van der Waals surface area contributed by atoms with E-state index in [4.69, 9.17) is 10.2 Å². The first-order valence-corrected chi connectivity index (χ1v) is 5.40. The van der Waals surface area contributed by atoms with Crippen LogP contribution in [0.3, 0.4) is 0 Å². The average molecular weight is 257 g/mol. The molecule has 0 unspecified atom stereocenters. The van der Waals surface area contributed by atoms with Gasteiger partial charge in [0, 0.05) is 0 Å². The molecule has 16 heavy (non-hydrogen) atoms. The normalized spacial score (nSPS) is 35.9. The molecular formula is C6H9O9S-. The molecule has 1 fully saturated rings. The summed E-state index contributed by atoms with van der Waals surface area (Å²) in [4.78, 5) is 10.9. The zero-order valence-corrected chi connectivity index (χ0v) is 8.53. The predicted octanol–water partition coefficient (Wildman–Crippen LogP) is -3.53. The molecule has 1 rings (SSSR count). The Hall–Kier alpha value is -0.780. The second-order valence-electron chi connectivity index (χ2n) is 3.09. The number of carbonyl (C=O) groups excluding carboxylic acids is 1. The van der Waals surface area contributed by atoms with Gasteiger partial charge in [0.1, 0.15) is 18.8 Å². The SMILES string of the molecule is O=C1O[C@H](COS(=O)(=O)[O-])[C@@H](O)[C@H](O)[C@H]1O. The maximum absolute atomic E-state index is 10.9. The number of hydrogen-bond donors (Lipinski definition) is 3. The Kier molecular flexibility index (Phi) is 3.83. The van der Waals surface area contributed by atoms with E-state index in [0.717, 1.165) is 0 Å². The first kappa shape index (κ1) is 13.3. The van der Waals surface area contributed by atoms with Crippen LogP contribution in [0, 0.1) is 0 Å². The van der Waals surface area contributed by atoms with Gasteiger partial charge in [-0.3, -0.25) is 4.18 Å². The van der Waals surface area contributed by atoms with Crippen molar-refractivity contribution >= 4 is 16.4 Å². The number of carbonyl (C=O) groups is 1. The minimum atomic E-state index is -4.99. The molecule has 0 aliphatic carbocycles. The summed E-state index contributed by atoms with van der Waals surface area (Å²) < 4.78 is 38.4. The van der Waals surface area contributed by atoms with E-state index in [1.54, 1.807) is 0 Å². The molecule has 0 bridgehead atoms. The van der Waals surface area contributed by atoms with Crippen LogP contribution in [-0.2, 0) is 24.1 Å². The van der Waals surface area contributed by atoms with E-state index in [1.165, 1.54) is 0 Å². The third-order valence-electron chi connectivity index (χ3n) is 1.94. The van der Waals surface area contributed by atoms with Crippen molar-refractivity contribution < 1.29 is 42.0 Å². The summed E-state index contributed by atoms with van der Waals surface area (Å²) in [6, 6.07) is 0. The summed E-state index contributed by atoms with van der Waals surface area (Å²) in [7, 11) is -4.99. The van der Waals surface area contributed by atoms with Crippen LogP contribution < -0.4 is 0 Å². The lowest BCUT2D eigenvalue weighted by Gasteiger charge is -2.33. The Labute approximate surface area is 90.2 Å². The van der Waals surface area contributed by atoms with Gasteiger partial charge in [0.25, 0.3) is 0 Å². The minimum Gasteiger partial charge on any atom is -0.726 e. The Morgan fingerprint density at radius 2 is 1.88 bits per heavy atom. The molecule has 0 aromatic heterocycles. The van der Waals surface area contributed by atoms with Crippen LogP contribution >= 0.6 is 0 Å². The fourth-order valence-electron chi connectivity index (χ4n) is 1.12. The Morgan fingerprint density at radius 3 is 2.38 bits per heavy atom. The van der Waals surface area contributed by atoms with E-state index in [9.17, 15) is 22.9 Å². The highest BCUT2D eigenvalue weighted by molar-refractivity contribution is 7.80. The molecule has 4 atom stereocenters. The number of rotatable bonds is 3. The molecule has 0 aromatic rings. The molecule has 9 nitrogen and oxygen atoms in total. The molecule has 94 valence electrons. The monoisotopic (exact) mass is 257 g/mol. The molecular weight excluding hydrogens is 248 g/mol. The van der Waals surface area contributed by atoms with Crippen molar-refractivity contribution in [2.45, 2.75) is 24.4 Å². The Balaban J connectivity index is 2.64. The smallest absolute Gasteiger partial charge is 0.338 e. The summed E-state index contributed by atoms with van der Waals surface area (Å²) in [5.41, 5.74) is 0. The van der Waals surface area contributed by atoms with Crippen LogP contribution in [0.25, 0.3) is 0 Å². The van der Waals surface area contributed by atoms with E-state index in [-0.39, 0.29) is 0 Å². The van der Waals surface area contributed by atoms with Gasteiger partial charge >= 0.3 is 5.97 Å². The van der Waals surface area contributed by atoms with Crippen molar-refractivity contribution in [2.24, 2.45) is 0 Å². The second-order valence-corrected chi connectivity index (χ2v) is 4.15. The standard InChI is InChI=1S/C6H10O9S/c7-3-2(1-14-16(11,12)13)15-6(10)5(9)4(3)8/h2-5,7-9H,1H2,(H,11,12,13)/p-1/t2-,3-,4+,5-/m1/s1. The molecule has 1 saturated heterocycles. The van der Waals surface area contributed by atoms with Crippen molar-refractivity contribution in [1.29, 1.82) is 0 Å². The number of ether oxygens (including phenoxy) is 1. The van der Waals surface area contributed by atoms with Gasteiger partial charge in [-0.15, -0.1) is 0 Å². The topological polar surface area (TPSA) is 153 Å². The average Bonchev–Trinajstić information content (AvgIpc) is 2.17. The maximum atomic E-state index is 10.9. The van der Waals surface area contributed by atoms with Crippen molar-refractivity contribution in [3.05, 3.63) is 0 Å². The number of aliphatic hydroxyl groups excluding tert-OH is 3. The second kappa shape index (κ2) is 4.61. The van der Waals surface area contributed by atoms with E-state index < -0.39 is 47.4 Å². The highest BCUT2D eigenvalue weighted by Gasteiger charge is 2.43. The number of cyclic esters (lactones) is 1. The summed E-state index contributed by atoms with van der Waals surface area (Å²) in [5.74, 6) is -1.24. The Bertz CT molecular complexity index is 362. The minimum absolute atomic E-state index is 0.928. The van der Waals surface area contributed by atoms with Crippen LogP contribution in [0.15, 0.2) is 0 Å². The quantitative estimate of drug-likeness (QED) is 0.265. The van der Waals surface area contributed by atoms with Crippen molar-refractivity contribution in [2.75, 3.05) is 6.61 Å². The van der Waals surface area contributed by atoms with E-state index in [2.05, 4.69) is 8.92 Å². The summed E-state index contributed by atoms with van der Waals surface area (Å²) in [6.07, 6.45) is -7.02. The van der Waals surface area contributed by atoms with Gasteiger partial charge in [-0.1, -0.05) is 0 Å². The molecule has 1 aliphatic rings. The molecule has 1 heterocycles. The highest BCUT2D eigenvalue weighted by Crippen LogP contribution is 2.17. The van der Waals surface area contributed by atoms with Crippen LogP contribution in [0.4, 0.5) is 0 Å².